The highest BCUT2D eigenvalue weighted by molar-refractivity contribution is 6.74. The first kappa shape index (κ1) is 25.0. The van der Waals surface area contributed by atoms with Crippen molar-refractivity contribution in [1.29, 1.82) is 0 Å². The molecule has 6 nitrogen and oxygen atoms in total. The molecule has 0 aliphatic heterocycles. The lowest BCUT2D eigenvalue weighted by molar-refractivity contribution is -0.151. The highest BCUT2D eigenvalue weighted by Crippen LogP contribution is 2.39. The van der Waals surface area contributed by atoms with Crippen LogP contribution in [0.4, 0.5) is 0 Å². The van der Waals surface area contributed by atoms with Crippen molar-refractivity contribution in [3.05, 3.63) is 35.9 Å². The Bertz CT molecular complexity index is 695. The van der Waals surface area contributed by atoms with E-state index in [-0.39, 0.29) is 5.04 Å². The molecular weight excluding hydrogens is 388 g/mol. The van der Waals surface area contributed by atoms with Gasteiger partial charge in [-0.3, -0.25) is 9.59 Å². The van der Waals surface area contributed by atoms with E-state index in [4.69, 9.17) is 13.9 Å². The van der Waals surface area contributed by atoms with Gasteiger partial charge in [0.1, 0.15) is 0 Å². The van der Waals surface area contributed by atoms with Gasteiger partial charge < -0.3 is 13.9 Å². The number of benzene rings is 1. The Hall–Kier alpha value is -1.99. The van der Waals surface area contributed by atoms with Crippen LogP contribution in [0.15, 0.2) is 30.3 Å². The summed E-state index contributed by atoms with van der Waals surface area (Å²) < 4.78 is 16.9. The molecule has 0 amide bonds. The van der Waals surface area contributed by atoms with Gasteiger partial charge in [-0.1, -0.05) is 45.9 Å². The van der Waals surface area contributed by atoms with Crippen molar-refractivity contribution < 1.29 is 28.3 Å². The van der Waals surface area contributed by atoms with Gasteiger partial charge in [-0.25, -0.2) is 4.79 Å². The fourth-order valence-corrected chi connectivity index (χ4v) is 4.17. The molecule has 0 spiro atoms. The fraction of sp³-hybridized carbons (Fsp3) is 0.591. The van der Waals surface area contributed by atoms with E-state index in [1.54, 1.807) is 44.2 Å². The van der Waals surface area contributed by atoms with Gasteiger partial charge in [0.25, 0.3) is 0 Å². The van der Waals surface area contributed by atoms with E-state index in [9.17, 15) is 14.4 Å². The van der Waals surface area contributed by atoms with Crippen molar-refractivity contribution in [3.8, 4) is 0 Å². The molecule has 1 rings (SSSR count). The fourth-order valence-electron chi connectivity index (χ4n) is 2.71. The summed E-state index contributed by atoms with van der Waals surface area (Å²) in [5.41, 5.74) is 0.356. The van der Waals surface area contributed by atoms with Crippen molar-refractivity contribution in [1.82, 2.24) is 0 Å². The Labute approximate surface area is 175 Å². The zero-order valence-corrected chi connectivity index (χ0v) is 19.7. The maximum Gasteiger partial charge on any atom is 0.338 e. The standard InChI is InChI=1S/C22H34O6Si/c1-15(18(14-23)27-21(25)17-12-10-9-11-13-17)19(16(2)20(24)26-6)28-29(7,8)22(3,4)5/h9-16,18-19H,1-8H3/t15-,16+,18-,19+/m1/s1. The van der Waals surface area contributed by atoms with Crippen molar-refractivity contribution in [3.63, 3.8) is 0 Å². The molecule has 0 saturated heterocycles. The van der Waals surface area contributed by atoms with E-state index >= 15 is 0 Å². The third-order valence-electron chi connectivity index (χ3n) is 5.73. The Kier molecular flexibility index (Phi) is 8.77. The normalized spacial score (nSPS) is 16.3. The molecule has 0 bridgehead atoms. The average molecular weight is 423 g/mol. The number of methoxy groups -OCH3 is 1. The summed E-state index contributed by atoms with van der Waals surface area (Å²) in [5.74, 6) is -2.18. The largest absolute Gasteiger partial charge is 0.469 e. The summed E-state index contributed by atoms with van der Waals surface area (Å²) >= 11 is 0. The number of hydrogen-bond acceptors (Lipinski definition) is 6. The molecule has 1 aromatic rings. The molecule has 0 saturated carbocycles. The molecule has 0 fully saturated rings. The third-order valence-corrected chi connectivity index (χ3v) is 10.2. The van der Waals surface area contributed by atoms with Crippen LogP contribution in [0.1, 0.15) is 45.0 Å². The van der Waals surface area contributed by atoms with Gasteiger partial charge in [-0.05, 0) is 37.2 Å². The topological polar surface area (TPSA) is 78.9 Å². The molecule has 0 heterocycles. The molecule has 0 N–H and O–H groups in total. The molecule has 1 aromatic carbocycles. The van der Waals surface area contributed by atoms with E-state index < -0.39 is 44.3 Å². The van der Waals surface area contributed by atoms with Gasteiger partial charge in [-0.15, -0.1) is 0 Å². The van der Waals surface area contributed by atoms with Crippen molar-refractivity contribution >= 4 is 26.5 Å². The minimum absolute atomic E-state index is 0.0990. The van der Waals surface area contributed by atoms with Crippen LogP contribution in [0.3, 0.4) is 0 Å². The Morgan fingerprint density at radius 1 is 1.07 bits per heavy atom. The summed E-state index contributed by atoms with van der Waals surface area (Å²) in [6.45, 7) is 13.9. The van der Waals surface area contributed by atoms with Crippen LogP contribution in [0.2, 0.25) is 18.1 Å². The number of esters is 2. The first-order chi connectivity index (χ1) is 13.4. The van der Waals surface area contributed by atoms with Crippen LogP contribution in [0.25, 0.3) is 0 Å². The second-order valence-corrected chi connectivity index (χ2v) is 13.6. The molecular formula is C22H34O6Si. The van der Waals surface area contributed by atoms with Gasteiger partial charge >= 0.3 is 11.9 Å². The molecule has 0 aromatic heterocycles. The number of hydrogen-bond donors (Lipinski definition) is 0. The van der Waals surface area contributed by atoms with Crippen LogP contribution in [0.5, 0.6) is 0 Å². The van der Waals surface area contributed by atoms with Crippen LogP contribution in [-0.4, -0.2) is 45.9 Å². The van der Waals surface area contributed by atoms with Crippen LogP contribution >= 0.6 is 0 Å². The first-order valence-electron chi connectivity index (χ1n) is 9.82. The highest BCUT2D eigenvalue weighted by atomic mass is 28.4. The van der Waals surface area contributed by atoms with Crippen LogP contribution in [-0.2, 0) is 23.5 Å². The maximum atomic E-state index is 12.4. The summed E-state index contributed by atoms with van der Waals surface area (Å²) in [5, 5.41) is -0.0990. The van der Waals surface area contributed by atoms with E-state index in [0.29, 0.717) is 11.8 Å². The smallest absolute Gasteiger partial charge is 0.338 e. The number of aldehydes is 1. The predicted molar refractivity (Wildman–Crippen MR) is 114 cm³/mol. The maximum absolute atomic E-state index is 12.4. The van der Waals surface area contributed by atoms with Gasteiger partial charge in [0.2, 0.25) is 0 Å². The van der Waals surface area contributed by atoms with E-state index in [0.717, 1.165) is 0 Å². The molecule has 162 valence electrons. The van der Waals surface area contributed by atoms with E-state index in [1.807, 2.05) is 0 Å². The lowest BCUT2D eigenvalue weighted by Crippen LogP contribution is -2.51. The Balaban J connectivity index is 3.15. The van der Waals surface area contributed by atoms with Crippen LogP contribution in [0, 0.1) is 11.8 Å². The summed E-state index contributed by atoms with van der Waals surface area (Å²) in [4.78, 5) is 36.5. The van der Waals surface area contributed by atoms with Gasteiger partial charge in [-0.2, -0.15) is 0 Å². The van der Waals surface area contributed by atoms with E-state index in [1.165, 1.54) is 7.11 Å². The van der Waals surface area contributed by atoms with E-state index in [2.05, 4.69) is 33.9 Å². The molecule has 0 aliphatic carbocycles. The zero-order chi connectivity index (χ0) is 22.4. The molecule has 0 aliphatic rings. The summed E-state index contributed by atoms with van der Waals surface area (Å²) in [6.07, 6.45) is -1.09. The number of rotatable bonds is 9. The molecule has 29 heavy (non-hydrogen) atoms. The number of ether oxygens (including phenoxy) is 2. The van der Waals surface area contributed by atoms with Crippen molar-refractivity contribution in [2.45, 2.75) is 65.0 Å². The second kappa shape index (κ2) is 10.2. The lowest BCUT2D eigenvalue weighted by atomic mass is 9.89. The van der Waals surface area contributed by atoms with Gasteiger partial charge in [0.05, 0.1) is 24.7 Å². The lowest BCUT2D eigenvalue weighted by Gasteiger charge is -2.42. The SMILES string of the molecule is COC(=O)[C@@H](C)[C@@H](O[Si](C)(C)C(C)(C)C)[C@H](C)[C@@H](C=O)OC(=O)c1ccccc1. The quantitative estimate of drug-likeness (QED) is 0.336. The first-order valence-corrected chi connectivity index (χ1v) is 12.7. The summed E-state index contributed by atoms with van der Waals surface area (Å²) in [7, 11) is -0.960. The Morgan fingerprint density at radius 2 is 1.62 bits per heavy atom. The third kappa shape index (κ3) is 6.50. The van der Waals surface area contributed by atoms with Gasteiger partial charge in [0, 0.05) is 5.92 Å². The highest BCUT2D eigenvalue weighted by Gasteiger charge is 2.45. The van der Waals surface area contributed by atoms with Crippen molar-refractivity contribution in [2.24, 2.45) is 11.8 Å². The monoisotopic (exact) mass is 422 g/mol. The molecule has 0 unspecified atom stereocenters. The zero-order valence-electron chi connectivity index (χ0n) is 18.7. The number of carbonyl (C=O) groups is 3. The van der Waals surface area contributed by atoms with Gasteiger partial charge in [0.15, 0.2) is 20.7 Å². The molecule has 7 heteroatoms. The minimum Gasteiger partial charge on any atom is -0.469 e. The summed E-state index contributed by atoms with van der Waals surface area (Å²) in [6, 6.07) is 8.47. The molecule has 4 atom stereocenters. The molecule has 0 radical (unpaired) electrons. The Morgan fingerprint density at radius 3 is 2.07 bits per heavy atom. The average Bonchev–Trinajstić information content (AvgIpc) is 2.68. The minimum atomic E-state index is -2.28. The number of carbonyl (C=O) groups excluding carboxylic acids is 3. The second-order valence-electron chi connectivity index (χ2n) is 8.89. The predicted octanol–water partition coefficient (Wildman–Crippen LogP) is 4.25. The van der Waals surface area contributed by atoms with Crippen LogP contribution < -0.4 is 0 Å². The van der Waals surface area contributed by atoms with Crippen molar-refractivity contribution in [2.75, 3.05) is 7.11 Å².